The highest BCUT2D eigenvalue weighted by Gasteiger charge is 2.42. The summed E-state index contributed by atoms with van der Waals surface area (Å²) in [5, 5.41) is 12.7. The zero-order valence-electron chi connectivity index (χ0n) is 7.40. The smallest absolute Gasteiger partial charge is 0.145 e. The highest BCUT2D eigenvalue weighted by atomic mass is 15.3. The van der Waals surface area contributed by atoms with E-state index in [-0.39, 0.29) is 5.41 Å². The van der Waals surface area contributed by atoms with Gasteiger partial charge in [-0.15, -0.1) is 0 Å². The highest BCUT2D eigenvalue weighted by Crippen LogP contribution is 2.49. The molecule has 68 valence electrons. The summed E-state index contributed by atoms with van der Waals surface area (Å²) < 4.78 is 1.83. The van der Waals surface area contributed by atoms with Gasteiger partial charge in [-0.3, -0.25) is 4.68 Å². The topological polar surface area (TPSA) is 67.6 Å². The number of hydrogen-bond donors (Lipinski definition) is 1. The van der Waals surface area contributed by atoms with Crippen molar-refractivity contribution in [3.8, 4) is 6.07 Å². The predicted octanol–water partition coefficient (Wildman–Crippen LogP) is 1.16. The number of nitrogens with two attached hydrogens (primary N) is 1. The van der Waals surface area contributed by atoms with E-state index in [1.54, 1.807) is 6.07 Å². The highest BCUT2D eigenvalue weighted by molar-refractivity contribution is 5.23. The van der Waals surface area contributed by atoms with Crippen LogP contribution in [-0.4, -0.2) is 9.78 Å². The molecule has 1 aliphatic carbocycles. The number of nitrogen functional groups attached to an aromatic ring is 1. The van der Waals surface area contributed by atoms with Gasteiger partial charge in [0.25, 0.3) is 0 Å². The second-order valence-electron chi connectivity index (χ2n) is 3.77. The third kappa shape index (κ3) is 1.64. The van der Waals surface area contributed by atoms with Crippen molar-refractivity contribution in [2.45, 2.75) is 25.8 Å². The van der Waals surface area contributed by atoms with Crippen molar-refractivity contribution < 1.29 is 0 Å². The van der Waals surface area contributed by atoms with Gasteiger partial charge in [0.05, 0.1) is 6.07 Å². The lowest BCUT2D eigenvalue weighted by Gasteiger charge is -2.09. The van der Waals surface area contributed by atoms with Gasteiger partial charge in [-0.25, -0.2) is 0 Å². The van der Waals surface area contributed by atoms with Crippen LogP contribution >= 0.6 is 0 Å². The Kier molecular flexibility index (Phi) is 1.73. The Morgan fingerprint density at radius 2 is 2.46 bits per heavy atom. The first kappa shape index (κ1) is 8.11. The molecule has 1 aromatic heterocycles. The van der Waals surface area contributed by atoms with Crippen LogP contribution in [0.25, 0.3) is 0 Å². The maximum atomic E-state index is 8.62. The number of anilines is 1. The van der Waals surface area contributed by atoms with Crippen molar-refractivity contribution in [2.24, 2.45) is 5.41 Å². The summed E-state index contributed by atoms with van der Waals surface area (Å²) in [7, 11) is 0. The van der Waals surface area contributed by atoms with Gasteiger partial charge >= 0.3 is 0 Å². The maximum Gasteiger partial charge on any atom is 0.145 e. The van der Waals surface area contributed by atoms with Gasteiger partial charge in [0.15, 0.2) is 0 Å². The van der Waals surface area contributed by atoms with E-state index in [0.29, 0.717) is 12.2 Å². The fraction of sp³-hybridized carbons (Fsp3) is 0.556. The zero-order valence-corrected chi connectivity index (χ0v) is 7.40. The normalized spacial score (nSPS) is 18.1. The summed E-state index contributed by atoms with van der Waals surface area (Å²) in [6, 6.07) is 4.01. The van der Waals surface area contributed by atoms with Gasteiger partial charge in [0.1, 0.15) is 5.82 Å². The Morgan fingerprint density at radius 1 is 1.69 bits per heavy atom. The molecule has 0 unspecified atom stereocenters. The molecule has 0 radical (unpaired) electrons. The Labute approximate surface area is 77.0 Å². The standard InChI is InChI=1S/C9H12N4/c10-5-4-9(2-3-9)7-13-6-1-8(11)12-13/h1,6H,2-4,7H2,(H2,11,12). The number of hydrogen-bond acceptors (Lipinski definition) is 3. The minimum absolute atomic E-state index is 0.202. The maximum absolute atomic E-state index is 8.62. The SMILES string of the molecule is N#CCC1(Cn2ccc(N)n2)CC1. The Bertz CT molecular complexity index is 343. The van der Waals surface area contributed by atoms with Gasteiger partial charge in [-0.1, -0.05) is 0 Å². The molecule has 1 aliphatic rings. The Hall–Kier alpha value is -1.50. The minimum atomic E-state index is 0.202. The molecule has 0 atom stereocenters. The van der Waals surface area contributed by atoms with Crippen molar-refractivity contribution >= 4 is 5.82 Å². The van der Waals surface area contributed by atoms with Crippen LogP contribution in [0.1, 0.15) is 19.3 Å². The van der Waals surface area contributed by atoms with Gasteiger partial charge in [-0.2, -0.15) is 10.4 Å². The molecule has 2 N–H and O–H groups in total. The molecule has 0 bridgehead atoms. The average Bonchev–Trinajstić information content (AvgIpc) is 2.70. The van der Waals surface area contributed by atoms with Gasteiger partial charge in [0, 0.05) is 24.6 Å². The molecule has 0 saturated heterocycles. The third-order valence-electron chi connectivity index (χ3n) is 2.57. The molecule has 1 saturated carbocycles. The lowest BCUT2D eigenvalue weighted by molar-refractivity contribution is 0.405. The van der Waals surface area contributed by atoms with E-state index in [9.17, 15) is 0 Å². The van der Waals surface area contributed by atoms with Crippen molar-refractivity contribution in [3.05, 3.63) is 12.3 Å². The van der Waals surface area contributed by atoms with E-state index in [4.69, 9.17) is 11.0 Å². The third-order valence-corrected chi connectivity index (χ3v) is 2.57. The predicted molar refractivity (Wildman–Crippen MR) is 48.5 cm³/mol. The van der Waals surface area contributed by atoms with Crippen molar-refractivity contribution in [3.63, 3.8) is 0 Å². The van der Waals surface area contributed by atoms with E-state index in [1.165, 1.54) is 0 Å². The number of aromatic nitrogens is 2. The molecular formula is C9H12N4. The van der Waals surface area contributed by atoms with Crippen LogP contribution in [0.15, 0.2) is 12.3 Å². The summed E-state index contributed by atoms with van der Waals surface area (Å²) in [6.45, 7) is 0.831. The molecule has 0 aliphatic heterocycles. The molecule has 1 heterocycles. The van der Waals surface area contributed by atoms with Gasteiger partial charge in [0.2, 0.25) is 0 Å². The van der Waals surface area contributed by atoms with E-state index in [0.717, 1.165) is 19.4 Å². The molecule has 1 fully saturated rings. The monoisotopic (exact) mass is 176 g/mol. The molecular weight excluding hydrogens is 164 g/mol. The van der Waals surface area contributed by atoms with Gasteiger partial charge in [-0.05, 0) is 18.9 Å². The molecule has 0 spiro atoms. The van der Waals surface area contributed by atoms with Crippen LogP contribution in [-0.2, 0) is 6.54 Å². The lowest BCUT2D eigenvalue weighted by Crippen LogP contribution is -2.11. The summed E-state index contributed by atoms with van der Waals surface area (Å²) in [5.74, 6) is 0.549. The van der Waals surface area contributed by atoms with E-state index in [1.807, 2.05) is 10.9 Å². The first-order valence-electron chi connectivity index (χ1n) is 4.40. The largest absolute Gasteiger partial charge is 0.382 e. The van der Waals surface area contributed by atoms with E-state index in [2.05, 4.69) is 11.2 Å². The number of nitriles is 1. The lowest BCUT2D eigenvalue weighted by atomic mass is 10.0. The van der Waals surface area contributed by atoms with Crippen LogP contribution in [0.5, 0.6) is 0 Å². The molecule has 2 rings (SSSR count). The number of rotatable bonds is 3. The van der Waals surface area contributed by atoms with Crippen molar-refractivity contribution in [2.75, 3.05) is 5.73 Å². The molecule has 1 aromatic rings. The fourth-order valence-electron chi connectivity index (χ4n) is 1.54. The van der Waals surface area contributed by atoms with Crippen molar-refractivity contribution in [1.29, 1.82) is 5.26 Å². The average molecular weight is 176 g/mol. The summed E-state index contributed by atoms with van der Waals surface area (Å²) in [5.41, 5.74) is 5.70. The zero-order chi connectivity index (χ0) is 9.31. The van der Waals surface area contributed by atoms with Crippen LogP contribution in [0.4, 0.5) is 5.82 Å². The second-order valence-corrected chi connectivity index (χ2v) is 3.77. The van der Waals surface area contributed by atoms with Gasteiger partial charge < -0.3 is 5.73 Å². The Morgan fingerprint density at radius 3 is 2.92 bits per heavy atom. The van der Waals surface area contributed by atoms with Crippen LogP contribution in [0.2, 0.25) is 0 Å². The summed E-state index contributed by atoms with van der Waals surface area (Å²) in [6.07, 6.45) is 4.78. The van der Waals surface area contributed by atoms with Crippen LogP contribution < -0.4 is 5.73 Å². The molecule has 4 nitrogen and oxygen atoms in total. The van der Waals surface area contributed by atoms with Crippen LogP contribution in [0, 0.1) is 16.7 Å². The van der Waals surface area contributed by atoms with Crippen LogP contribution in [0.3, 0.4) is 0 Å². The quantitative estimate of drug-likeness (QED) is 0.751. The molecule has 4 heteroatoms. The molecule has 0 amide bonds. The first-order valence-corrected chi connectivity index (χ1v) is 4.40. The molecule has 0 aromatic carbocycles. The Balaban J connectivity index is 2.02. The second kappa shape index (κ2) is 2.77. The summed E-state index contributed by atoms with van der Waals surface area (Å²) >= 11 is 0. The van der Waals surface area contributed by atoms with E-state index >= 15 is 0 Å². The fourth-order valence-corrected chi connectivity index (χ4v) is 1.54. The number of nitrogens with zero attached hydrogens (tertiary/aromatic N) is 3. The van der Waals surface area contributed by atoms with Crippen molar-refractivity contribution in [1.82, 2.24) is 9.78 Å². The summed E-state index contributed by atoms with van der Waals surface area (Å²) in [4.78, 5) is 0. The van der Waals surface area contributed by atoms with E-state index < -0.39 is 0 Å². The first-order chi connectivity index (χ1) is 6.24. The molecule has 13 heavy (non-hydrogen) atoms. The minimum Gasteiger partial charge on any atom is -0.382 e.